The predicted octanol–water partition coefficient (Wildman–Crippen LogP) is 2.42. The van der Waals surface area contributed by atoms with Crippen LogP contribution in [0.3, 0.4) is 0 Å². The van der Waals surface area contributed by atoms with Gasteiger partial charge in [-0.15, -0.1) is 0 Å². The van der Waals surface area contributed by atoms with Crippen LogP contribution in [-0.4, -0.2) is 24.9 Å². The van der Waals surface area contributed by atoms with Crippen LogP contribution >= 0.6 is 11.6 Å². The van der Waals surface area contributed by atoms with Gasteiger partial charge >= 0.3 is 0 Å². The molecule has 1 rings (SSSR count). The fourth-order valence-electron chi connectivity index (χ4n) is 1.52. The van der Waals surface area contributed by atoms with E-state index in [0.717, 1.165) is 5.56 Å². The fraction of sp³-hybridized carbons (Fsp3) is 0.308. The Labute approximate surface area is 107 Å². The van der Waals surface area contributed by atoms with E-state index in [1.54, 1.807) is 25.1 Å². The molecule has 0 unspecified atom stereocenters. The summed E-state index contributed by atoms with van der Waals surface area (Å²) in [4.78, 5) is 13.6. The van der Waals surface area contributed by atoms with Crippen LogP contribution in [0.2, 0.25) is 5.02 Å². The van der Waals surface area contributed by atoms with Crippen molar-refractivity contribution in [3.8, 4) is 0 Å². The van der Waals surface area contributed by atoms with Crippen molar-refractivity contribution in [2.45, 2.75) is 13.5 Å². The van der Waals surface area contributed by atoms with Crippen LogP contribution in [-0.2, 0) is 11.3 Å². The summed E-state index contributed by atoms with van der Waals surface area (Å²) in [7, 11) is 3.52. The Morgan fingerprint density at radius 2 is 2.00 bits per heavy atom. The molecule has 0 spiro atoms. The molecule has 0 saturated carbocycles. The molecule has 0 fully saturated rings. The molecule has 0 atom stereocenters. The second-order valence-electron chi connectivity index (χ2n) is 3.74. The Bertz CT molecular complexity index is 412. The van der Waals surface area contributed by atoms with Gasteiger partial charge < -0.3 is 10.2 Å². The van der Waals surface area contributed by atoms with Gasteiger partial charge in [-0.05, 0) is 24.6 Å². The van der Waals surface area contributed by atoms with Gasteiger partial charge in [0.15, 0.2) is 0 Å². The highest BCUT2D eigenvalue weighted by atomic mass is 35.5. The molecule has 17 heavy (non-hydrogen) atoms. The fourth-order valence-corrected chi connectivity index (χ4v) is 1.64. The molecular weight excluding hydrogens is 236 g/mol. The standard InChI is InChI=1S/C13H17ClN2O/c1-4-12(15-2)13(17)16(3)9-10-5-7-11(14)8-6-10/h4-8,15H,9H2,1-3H3/b12-4+. The highest BCUT2D eigenvalue weighted by Crippen LogP contribution is 2.11. The van der Waals surface area contributed by atoms with E-state index in [9.17, 15) is 4.79 Å². The Balaban J connectivity index is 2.69. The van der Waals surface area contributed by atoms with Crippen LogP contribution in [0.15, 0.2) is 36.0 Å². The zero-order valence-corrected chi connectivity index (χ0v) is 11.1. The van der Waals surface area contributed by atoms with E-state index in [0.29, 0.717) is 17.3 Å². The lowest BCUT2D eigenvalue weighted by atomic mass is 10.2. The molecule has 3 nitrogen and oxygen atoms in total. The summed E-state index contributed by atoms with van der Waals surface area (Å²) >= 11 is 5.81. The van der Waals surface area contributed by atoms with Crippen molar-refractivity contribution in [1.29, 1.82) is 0 Å². The lowest BCUT2D eigenvalue weighted by Crippen LogP contribution is -2.31. The number of hydrogen-bond acceptors (Lipinski definition) is 2. The van der Waals surface area contributed by atoms with Gasteiger partial charge in [0.25, 0.3) is 5.91 Å². The zero-order valence-electron chi connectivity index (χ0n) is 10.3. The molecular formula is C13H17ClN2O. The number of allylic oxidation sites excluding steroid dienone is 1. The van der Waals surface area contributed by atoms with Crippen LogP contribution in [0.5, 0.6) is 0 Å². The summed E-state index contributed by atoms with van der Waals surface area (Å²) in [5, 5.41) is 3.58. The molecule has 92 valence electrons. The van der Waals surface area contributed by atoms with Crippen LogP contribution in [0.1, 0.15) is 12.5 Å². The van der Waals surface area contributed by atoms with Crippen molar-refractivity contribution >= 4 is 17.5 Å². The molecule has 1 amide bonds. The summed E-state index contributed by atoms with van der Waals surface area (Å²) in [6.45, 7) is 2.40. The van der Waals surface area contributed by atoms with Crippen molar-refractivity contribution in [3.05, 3.63) is 46.6 Å². The largest absolute Gasteiger partial charge is 0.384 e. The summed E-state index contributed by atoms with van der Waals surface area (Å²) in [5.74, 6) is -0.0232. The van der Waals surface area contributed by atoms with Gasteiger partial charge in [0, 0.05) is 25.7 Å². The number of carbonyl (C=O) groups excluding carboxylic acids is 1. The number of carbonyl (C=O) groups is 1. The Morgan fingerprint density at radius 3 is 2.47 bits per heavy atom. The maximum atomic E-state index is 11.9. The third-order valence-corrected chi connectivity index (χ3v) is 2.72. The molecule has 0 bridgehead atoms. The summed E-state index contributed by atoms with van der Waals surface area (Å²) in [6.07, 6.45) is 1.76. The van der Waals surface area contributed by atoms with E-state index in [1.807, 2.05) is 31.2 Å². The monoisotopic (exact) mass is 252 g/mol. The van der Waals surface area contributed by atoms with Crippen molar-refractivity contribution < 1.29 is 4.79 Å². The molecule has 0 aliphatic heterocycles. The number of hydrogen-bond donors (Lipinski definition) is 1. The minimum atomic E-state index is -0.0232. The number of nitrogens with zero attached hydrogens (tertiary/aromatic N) is 1. The zero-order chi connectivity index (χ0) is 12.8. The minimum Gasteiger partial charge on any atom is -0.384 e. The summed E-state index contributed by atoms with van der Waals surface area (Å²) in [6, 6.07) is 7.48. The Kier molecular flexibility index (Phi) is 5.04. The Hall–Kier alpha value is -1.48. The van der Waals surface area contributed by atoms with Gasteiger partial charge in [-0.2, -0.15) is 0 Å². The van der Waals surface area contributed by atoms with Crippen molar-refractivity contribution in [1.82, 2.24) is 10.2 Å². The van der Waals surface area contributed by atoms with Crippen molar-refractivity contribution in [2.24, 2.45) is 0 Å². The average molecular weight is 253 g/mol. The SMILES string of the molecule is C/C=C(/NC)C(=O)N(C)Cc1ccc(Cl)cc1. The molecule has 0 saturated heterocycles. The van der Waals surface area contributed by atoms with E-state index >= 15 is 0 Å². The highest BCUT2D eigenvalue weighted by Gasteiger charge is 2.12. The van der Waals surface area contributed by atoms with Gasteiger partial charge in [-0.1, -0.05) is 29.8 Å². The smallest absolute Gasteiger partial charge is 0.269 e. The number of likely N-dealkylation sites (N-methyl/N-ethyl adjacent to an activating group) is 2. The molecule has 0 aliphatic rings. The number of rotatable bonds is 4. The third-order valence-electron chi connectivity index (χ3n) is 2.47. The lowest BCUT2D eigenvalue weighted by molar-refractivity contribution is -0.126. The van der Waals surface area contributed by atoms with Crippen LogP contribution in [0, 0.1) is 0 Å². The quantitative estimate of drug-likeness (QED) is 0.835. The molecule has 1 aromatic rings. The van der Waals surface area contributed by atoms with Gasteiger partial charge in [-0.25, -0.2) is 0 Å². The van der Waals surface area contributed by atoms with Gasteiger partial charge in [0.2, 0.25) is 0 Å². The normalized spacial score (nSPS) is 11.2. The maximum absolute atomic E-state index is 11.9. The second kappa shape index (κ2) is 6.30. The number of amides is 1. The molecule has 1 N–H and O–H groups in total. The molecule has 1 aromatic carbocycles. The van der Waals surface area contributed by atoms with E-state index in [-0.39, 0.29) is 5.91 Å². The first-order valence-corrected chi connectivity index (χ1v) is 5.80. The van der Waals surface area contributed by atoms with E-state index in [1.165, 1.54) is 0 Å². The summed E-state index contributed by atoms with van der Waals surface area (Å²) < 4.78 is 0. The molecule has 0 radical (unpaired) electrons. The Morgan fingerprint density at radius 1 is 1.41 bits per heavy atom. The number of halogens is 1. The molecule has 0 heterocycles. The first-order chi connectivity index (χ1) is 8.08. The van der Waals surface area contributed by atoms with Gasteiger partial charge in [0.05, 0.1) is 5.70 Å². The minimum absolute atomic E-state index is 0.0232. The van der Waals surface area contributed by atoms with E-state index in [2.05, 4.69) is 5.32 Å². The van der Waals surface area contributed by atoms with E-state index in [4.69, 9.17) is 11.6 Å². The van der Waals surface area contributed by atoms with Crippen LogP contribution < -0.4 is 5.32 Å². The van der Waals surface area contributed by atoms with Crippen molar-refractivity contribution in [3.63, 3.8) is 0 Å². The third kappa shape index (κ3) is 3.79. The van der Waals surface area contributed by atoms with Crippen LogP contribution in [0.25, 0.3) is 0 Å². The number of nitrogens with one attached hydrogen (secondary N) is 1. The molecule has 0 aliphatic carbocycles. The molecule has 0 aromatic heterocycles. The van der Waals surface area contributed by atoms with Crippen LogP contribution in [0.4, 0.5) is 0 Å². The number of benzene rings is 1. The van der Waals surface area contributed by atoms with Gasteiger partial charge in [-0.3, -0.25) is 4.79 Å². The van der Waals surface area contributed by atoms with E-state index < -0.39 is 0 Å². The summed E-state index contributed by atoms with van der Waals surface area (Å²) in [5.41, 5.74) is 1.65. The maximum Gasteiger partial charge on any atom is 0.269 e. The first-order valence-electron chi connectivity index (χ1n) is 5.42. The second-order valence-corrected chi connectivity index (χ2v) is 4.18. The first kappa shape index (κ1) is 13.6. The van der Waals surface area contributed by atoms with Gasteiger partial charge in [0.1, 0.15) is 0 Å². The predicted molar refractivity (Wildman–Crippen MR) is 70.7 cm³/mol. The highest BCUT2D eigenvalue weighted by molar-refractivity contribution is 6.30. The topological polar surface area (TPSA) is 32.3 Å². The van der Waals surface area contributed by atoms with Crippen molar-refractivity contribution in [2.75, 3.05) is 14.1 Å². The molecule has 4 heteroatoms. The average Bonchev–Trinajstić information content (AvgIpc) is 2.33. The lowest BCUT2D eigenvalue weighted by Gasteiger charge is -2.18.